The number of hydrazine groups is 1. The Hall–Kier alpha value is -3.23. The minimum absolute atomic E-state index is 0.00751. The number of nitro benzene ring substituents is 1. The lowest BCUT2D eigenvalue weighted by Gasteiger charge is -2.30. The zero-order chi connectivity index (χ0) is 20.1. The first-order chi connectivity index (χ1) is 13.5. The number of allylic oxidation sites excluding steroid dienone is 1. The SMILES string of the molecule is CNC(=O)[C@@H](NC(O)=C1C=CN(c2ccc([N+](=O)[O-])cc2)N1)C1CCCCC1. The monoisotopic (exact) mass is 387 g/mol. The average Bonchev–Trinajstić information content (AvgIpc) is 3.22. The van der Waals surface area contributed by atoms with Gasteiger partial charge >= 0.3 is 0 Å². The van der Waals surface area contributed by atoms with Gasteiger partial charge in [-0.05, 0) is 37.0 Å². The van der Waals surface area contributed by atoms with Crippen LogP contribution >= 0.6 is 0 Å². The van der Waals surface area contributed by atoms with Crippen molar-refractivity contribution in [3.8, 4) is 0 Å². The Kier molecular flexibility index (Phi) is 6.03. The van der Waals surface area contributed by atoms with Gasteiger partial charge in [-0.25, -0.2) is 0 Å². The molecule has 2 aliphatic rings. The summed E-state index contributed by atoms with van der Waals surface area (Å²) < 4.78 is 0. The molecule has 150 valence electrons. The molecule has 0 aromatic heterocycles. The molecule has 3 rings (SSSR count). The molecule has 1 aromatic carbocycles. The van der Waals surface area contributed by atoms with Crippen molar-refractivity contribution in [3.05, 3.63) is 58.2 Å². The van der Waals surface area contributed by atoms with Crippen molar-refractivity contribution in [2.24, 2.45) is 5.92 Å². The highest BCUT2D eigenvalue weighted by Crippen LogP contribution is 2.27. The summed E-state index contributed by atoms with van der Waals surface area (Å²) in [5.41, 5.74) is 4.12. The van der Waals surface area contributed by atoms with E-state index in [0.29, 0.717) is 11.4 Å². The number of non-ortho nitro benzene ring substituents is 1. The molecule has 0 spiro atoms. The maximum Gasteiger partial charge on any atom is 0.269 e. The summed E-state index contributed by atoms with van der Waals surface area (Å²) in [4.78, 5) is 22.6. The third-order valence-corrected chi connectivity index (χ3v) is 5.17. The van der Waals surface area contributed by atoms with E-state index in [1.807, 2.05) is 0 Å². The number of rotatable bonds is 6. The first-order valence-electron chi connectivity index (χ1n) is 9.39. The standard InChI is InChI=1S/C19H25N5O4/c1-20-19(26)17(13-5-3-2-4-6-13)21-18(25)16-11-12-23(22-16)14-7-9-15(10-8-14)24(27)28/h7-13,17,21-22,25H,2-6H2,1H3,(H,20,26)/t17-/m0/s1. The van der Waals surface area contributed by atoms with Gasteiger partial charge in [0.25, 0.3) is 5.69 Å². The van der Waals surface area contributed by atoms with E-state index < -0.39 is 11.0 Å². The van der Waals surface area contributed by atoms with Crippen LogP contribution in [0.25, 0.3) is 0 Å². The number of benzene rings is 1. The molecule has 0 radical (unpaired) electrons. The van der Waals surface area contributed by atoms with Crippen LogP contribution < -0.4 is 21.1 Å². The molecule has 28 heavy (non-hydrogen) atoms. The van der Waals surface area contributed by atoms with Gasteiger partial charge in [-0.2, -0.15) is 0 Å². The number of nitro groups is 1. The van der Waals surface area contributed by atoms with Gasteiger partial charge in [-0.3, -0.25) is 25.3 Å². The fourth-order valence-corrected chi connectivity index (χ4v) is 3.62. The van der Waals surface area contributed by atoms with E-state index in [1.54, 1.807) is 36.5 Å². The third kappa shape index (κ3) is 4.36. The summed E-state index contributed by atoms with van der Waals surface area (Å²) in [6, 6.07) is 5.54. The van der Waals surface area contributed by atoms with Crippen LogP contribution in [0.5, 0.6) is 0 Å². The molecule has 1 aliphatic carbocycles. The Morgan fingerprint density at radius 2 is 1.96 bits per heavy atom. The number of carbonyl (C=O) groups excluding carboxylic acids is 1. The maximum absolute atomic E-state index is 12.3. The van der Waals surface area contributed by atoms with Crippen molar-refractivity contribution in [1.29, 1.82) is 0 Å². The largest absolute Gasteiger partial charge is 0.493 e. The second kappa shape index (κ2) is 8.64. The highest BCUT2D eigenvalue weighted by molar-refractivity contribution is 5.82. The van der Waals surface area contributed by atoms with Gasteiger partial charge in [-0.1, -0.05) is 19.3 Å². The molecule has 1 aromatic rings. The first-order valence-corrected chi connectivity index (χ1v) is 9.39. The molecular weight excluding hydrogens is 362 g/mol. The number of nitrogens with one attached hydrogen (secondary N) is 3. The fraction of sp³-hybridized carbons (Fsp3) is 0.421. The topological polar surface area (TPSA) is 120 Å². The number of aliphatic hydroxyl groups is 1. The maximum atomic E-state index is 12.3. The van der Waals surface area contributed by atoms with Crippen LogP contribution in [0.3, 0.4) is 0 Å². The fourth-order valence-electron chi connectivity index (χ4n) is 3.62. The number of hydrogen-bond acceptors (Lipinski definition) is 7. The molecule has 0 unspecified atom stereocenters. The Morgan fingerprint density at radius 1 is 1.29 bits per heavy atom. The summed E-state index contributed by atoms with van der Waals surface area (Å²) in [6.45, 7) is 0. The molecule has 1 amide bonds. The van der Waals surface area contributed by atoms with Gasteiger partial charge in [0.05, 0.1) is 10.6 Å². The van der Waals surface area contributed by atoms with E-state index in [0.717, 1.165) is 25.7 Å². The van der Waals surface area contributed by atoms with E-state index in [1.165, 1.54) is 18.6 Å². The Balaban J connectivity index is 1.69. The van der Waals surface area contributed by atoms with E-state index in [2.05, 4.69) is 16.1 Å². The molecule has 9 heteroatoms. The van der Waals surface area contributed by atoms with Crippen molar-refractivity contribution in [3.63, 3.8) is 0 Å². The van der Waals surface area contributed by atoms with E-state index in [4.69, 9.17) is 0 Å². The molecule has 9 nitrogen and oxygen atoms in total. The van der Waals surface area contributed by atoms with Gasteiger partial charge in [-0.15, -0.1) is 0 Å². The van der Waals surface area contributed by atoms with Gasteiger partial charge in [0.1, 0.15) is 11.7 Å². The van der Waals surface area contributed by atoms with Gasteiger partial charge in [0.2, 0.25) is 11.8 Å². The van der Waals surface area contributed by atoms with Gasteiger partial charge in [0, 0.05) is 25.4 Å². The summed E-state index contributed by atoms with van der Waals surface area (Å²) in [7, 11) is 1.59. The number of nitrogens with zero attached hydrogens (tertiary/aromatic N) is 2. The van der Waals surface area contributed by atoms with Crippen LogP contribution in [0.4, 0.5) is 11.4 Å². The normalized spacial score (nSPS) is 19.7. The predicted octanol–water partition coefficient (Wildman–Crippen LogP) is 2.44. The lowest BCUT2D eigenvalue weighted by Crippen LogP contribution is -2.48. The summed E-state index contributed by atoms with van der Waals surface area (Å²) >= 11 is 0. The minimum Gasteiger partial charge on any atom is -0.493 e. The van der Waals surface area contributed by atoms with Crippen LogP contribution in [0, 0.1) is 16.0 Å². The highest BCUT2D eigenvalue weighted by Gasteiger charge is 2.30. The number of hydrogen-bond donors (Lipinski definition) is 4. The second-order valence-corrected chi connectivity index (χ2v) is 6.97. The Bertz CT molecular complexity index is 784. The summed E-state index contributed by atoms with van der Waals surface area (Å²) in [6.07, 6.45) is 8.62. The lowest BCUT2D eigenvalue weighted by atomic mass is 9.83. The smallest absolute Gasteiger partial charge is 0.269 e. The predicted molar refractivity (Wildman–Crippen MR) is 105 cm³/mol. The van der Waals surface area contributed by atoms with Crippen LogP contribution in [-0.2, 0) is 4.79 Å². The molecule has 1 saturated carbocycles. The summed E-state index contributed by atoms with van der Waals surface area (Å²) in [5.74, 6) is -0.0827. The molecule has 1 heterocycles. The minimum atomic E-state index is -0.499. The van der Waals surface area contributed by atoms with Crippen molar-refractivity contribution >= 4 is 17.3 Å². The lowest BCUT2D eigenvalue weighted by molar-refractivity contribution is -0.384. The molecule has 0 bridgehead atoms. The Labute approximate surface area is 163 Å². The van der Waals surface area contributed by atoms with Crippen LogP contribution in [0.2, 0.25) is 0 Å². The average molecular weight is 387 g/mol. The molecular formula is C19H25N5O4. The third-order valence-electron chi connectivity index (χ3n) is 5.17. The second-order valence-electron chi connectivity index (χ2n) is 6.97. The number of amides is 1. The number of carbonyl (C=O) groups is 1. The van der Waals surface area contributed by atoms with Crippen molar-refractivity contribution in [2.75, 3.05) is 12.1 Å². The molecule has 1 atom stereocenters. The van der Waals surface area contributed by atoms with Crippen molar-refractivity contribution in [1.82, 2.24) is 16.1 Å². The zero-order valence-corrected chi connectivity index (χ0v) is 15.7. The van der Waals surface area contributed by atoms with Gasteiger partial charge in [0.15, 0.2) is 0 Å². The molecule has 4 N–H and O–H groups in total. The highest BCUT2D eigenvalue weighted by atomic mass is 16.6. The van der Waals surface area contributed by atoms with E-state index in [-0.39, 0.29) is 23.4 Å². The summed E-state index contributed by atoms with van der Waals surface area (Å²) in [5, 5.41) is 28.6. The number of likely N-dealkylation sites (N-methyl/N-ethyl adjacent to an activating group) is 1. The van der Waals surface area contributed by atoms with E-state index >= 15 is 0 Å². The van der Waals surface area contributed by atoms with Crippen LogP contribution in [-0.4, -0.2) is 29.0 Å². The molecule has 1 fully saturated rings. The number of anilines is 1. The zero-order valence-electron chi connectivity index (χ0n) is 15.7. The van der Waals surface area contributed by atoms with Crippen LogP contribution in [0.15, 0.2) is 48.1 Å². The first kappa shape index (κ1) is 19.5. The molecule has 0 saturated heterocycles. The number of aliphatic hydroxyl groups excluding tert-OH is 1. The van der Waals surface area contributed by atoms with Crippen molar-refractivity contribution in [2.45, 2.75) is 38.1 Å². The quantitative estimate of drug-likeness (QED) is 0.336. The van der Waals surface area contributed by atoms with E-state index in [9.17, 15) is 20.0 Å². The molecule has 1 aliphatic heterocycles. The Morgan fingerprint density at radius 3 is 2.57 bits per heavy atom. The van der Waals surface area contributed by atoms with Gasteiger partial charge < -0.3 is 15.7 Å². The van der Waals surface area contributed by atoms with Crippen molar-refractivity contribution < 1.29 is 14.8 Å². The van der Waals surface area contributed by atoms with Crippen LogP contribution in [0.1, 0.15) is 32.1 Å².